The van der Waals surface area contributed by atoms with E-state index in [2.05, 4.69) is 0 Å². The van der Waals surface area contributed by atoms with Crippen molar-refractivity contribution >= 4 is 41.0 Å². The first-order valence-electron chi connectivity index (χ1n) is 11.1. The van der Waals surface area contributed by atoms with Crippen molar-refractivity contribution in [3.05, 3.63) is 29.8 Å². The van der Waals surface area contributed by atoms with Crippen molar-refractivity contribution in [1.82, 2.24) is 4.90 Å². The van der Waals surface area contributed by atoms with Gasteiger partial charge in [0.15, 0.2) is 4.84 Å². The Morgan fingerprint density at radius 2 is 1.38 bits per heavy atom. The Hall–Kier alpha value is -1.83. The third kappa shape index (κ3) is 10.7. The smallest absolute Gasteiger partial charge is 0.327 e. The van der Waals surface area contributed by atoms with Gasteiger partial charge in [0.1, 0.15) is 11.8 Å². The van der Waals surface area contributed by atoms with Crippen LogP contribution in [0, 0.1) is 0 Å². The van der Waals surface area contributed by atoms with Crippen LogP contribution in [0.3, 0.4) is 0 Å². The number of hydrogen-bond acceptors (Lipinski definition) is 5. The van der Waals surface area contributed by atoms with Crippen LogP contribution in [-0.4, -0.2) is 50.3 Å². The molecule has 1 aromatic rings. The summed E-state index contributed by atoms with van der Waals surface area (Å²) in [7, 11) is 0. The number of halogens is 2. The molecule has 2 amide bonds. The summed E-state index contributed by atoms with van der Waals surface area (Å²) in [6, 6.07) is 4.45. The molecule has 0 aliphatic heterocycles. The quantitative estimate of drug-likeness (QED) is 0.234. The Balaban J connectivity index is 2.62. The van der Waals surface area contributed by atoms with Crippen molar-refractivity contribution < 1.29 is 24.6 Å². The average Bonchev–Trinajstić information content (AvgIpc) is 2.75. The number of unbranched alkanes of at least 4 members (excludes halogenated alkanes) is 8. The number of nitrogens with two attached hydrogens (primary N) is 1. The Morgan fingerprint density at radius 1 is 0.875 bits per heavy atom. The van der Waals surface area contributed by atoms with Crippen LogP contribution in [0.1, 0.15) is 69.8 Å². The van der Waals surface area contributed by atoms with Gasteiger partial charge in [-0.25, -0.2) is 4.79 Å². The van der Waals surface area contributed by atoms with E-state index in [1.54, 1.807) is 0 Å². The van der Waals surface area contributed by atoms with E-state index in [-0.39, 0.29) is 18.6 Å². The second-order valence-electron chi connectivity index (χ2n) is 7.85. The van der Waals surface area contributed by atoms with Crippen molar-refractivity contribution in [2.24, 2.45) is 5.73 Å². The van der Waals surface area contributed by atoms with Crippen molar-refractivity contribution in [3.63, 3.8) is 0 Å². The number of alkyl halides is 2. The number of nitrogens with zero attached hydrogens (tertiary/aromatic N) is 1. The molecule has 32 heavy (non-hydrogen) atoms. The highest BCUT2D eigenvalue weighted by Gasteiger charge is 2.36. The highest BCUT2D eigenvalue weighted by atomic mass is 35.5. The number of phenols is 1. The highest BCUT2D eigenvalue weighted by Crippen LogP contribution is 2.19. The van der Waals surface area contributed by atoms with E-state index in [0.717, 1.165) is 45.1 Å². The van der Waals surface area contributed by atoms with Gasteiger partial charge in [-0.2, -0.15) is 0 Å². The van der Waals surface area contributed by atoms with Gasteiger partial charge in [-0.15, -0.1) is 0 Å². The Kier molecular flexibility index (Phi) is 14.0. The SMILES string of the molecule is NCCCCCCCCCCCC(=O)N(C(=O)C(Cl)Cl)[C@@H](Cc1ccc(O)cc1)C(=O)O. The van der Waals surface area contributed by atoms with Crippen LogP contribution in [0.15, 0.2) is 24.3 Å². The third-order valence-electron chi connectivity index (χ3n) is 5.25. The number of phenolic OH excluding ortho intramolecular Hbond substituents is 1. The van der Waals surface area contributed by atoms with Crippen LogP contribution in [-0.2, 0) is 20.8 Å². The van der Waals surface area contributed by atoms with E-state index in [0.29, 0.717) is 16.9 Å². The first-order chi connectivity index (χ1) is 15.3. The number of benzene rings is 1. The van der Waals surface area contributed by atoms with Gasteiger partial charge in [-0.3, -0.25) is 14.5 Å². The fraction of sp³-hybridized carbons (Fsp3) is 0.609. The molecule has 9 heteroatoms. The molecule has 180 valence electrons. The van der Waals surface area contributed by atoms with Crippen LogP contribution < -0.4 is 5.73 Å². The van der Waals surface area contributed by atoms with Crippen molar-refractivity contribution in [2.75, 3.05) is 6.54 Å². The second-order valence-corrected chi connectivity index (χ2v) is 8.94. The fourth-order valence-corrected chi connectivity index (χ4v) is 3.69. The summed E-state index contributed by atoms with van der Waals surface area (Å²) in [4.78, 5) is 36.3. The predicted molar refractivity (Wildman–Crippen MR) is 126 cm³/mol. The zero-order valence-corrected chi connectivity index (χ0v) is 19.9. The summed E-state index contributed by atoms with van der Waals surface area (Å²) in [5.74, 6) is -2.85. The summed E-state index contributed by atoms with van der Waals surface area (Å²) in [6.07, 6.45) is 9.06. The van der Waals surface area contributed by atoms with E-state index in [1.165, 1.54) is 37.1 Å². The van der Waals surface area contributed by atoms with Crippen LogP contribution >= 0.6 is 23.2 Å². The standard InChI is InChI=1S/C23H34Cl2N2O5/c24-21(25)22(30)27(19(23(31)32)16-17-11-13-18(28)14-12-17)20(29)10-8-6-4-2-1-3-5-7-9-15-26/h11-14,19,21,28H,1-10,15-16,26H2,(H,31,32)/t19-/m0/s1. The minimum absolute atomic E-state index is 0.0294. The molecular formula is C23H34Cl2N2O5. The summed E-state index contributed by atoms with van der Waals surface area (Å²) >= 11 is 11.4. The van der Waals surface area contributed by atoms with Crippen LogP contribution in [0.25, 0.3) is 0 Å². The number of carbonyl (C=O) groups is 3. The molecule has 0 unspecified atom stereocenters. The van der Waals surface area contributed by atoms with E-state index in [9.17, 15) is 24.6 Å². The lowest BCUT2D eigenvalue weighted by Gasteiger charge is -2.28. The van der Waals surface area contributed by atoms with Gasteiger partial charge in [-0.1, -0.05) is 80.3 Å². The number of carbonyl (C=O) groups excluding carboxylic acids is 2. The van der Waals surface area contributed by atoms with Crippen molar-refractivity contribution in [1.29, 1.82) is 0 Å². The van der Waals surface area contributed by atoms with Gasteiger partial charge >= 0.3 is 5.97 Å². The number of imide groups is 1. The van der Waals surface area contributed by atoms with Gasteiger partial charge in [0.25, 0.3) is 5.91 Å². The largest absolute Gasteiger partial charge is 0.508 e. The molecule has 0 aliphatic carbocycles. The molecule has 0 radical (unpaired) electrons. The van der Waals surface area contributed by atoms with Crippen LogP contribution in [0.2, 0.25) is 0 Å². The minimum atomic E-state index is -1.54. The minimum Gasteiger partial charge on any atom is -0.508 e. The maximum Gasteiger partial charge on any atom is 0.327 e. The van der Waals surface area contributed by atoms with Gasteiger partial charge in [0.05, 0.1) is 0 Å². The molecule has 1 rings (SSSR count). The average molecular weight is 489 g/mol. The summed E-state index contributed by atoms with van der Waals surface area (Å²) < 4.78 is 0. The molecule has 7 nitrogen and oxygen atoms in total. The number of aromatic hydroxyl groups is 1. The zero-order chi connectivity index (χ0) is 23.9. The maximum atomic E-state index is 12.8. The van der Waals surface area contributed by atoms with E-state index in [4.69, 9.17) is 28.9 Å². The zero-order valence-electron chi connectivity index (χ0n) is 18.3. The number of carboxylic acids is 1. The number of hydrogen-bond donors (Lipinski definition) is 3. The lowest BCUT2D eigenvalue weighted by molar-refractivity contribution is -0.157. The molecule has 1 atom stereocenters. The molecule has 0 saturated carbocycles. The Labute approximate surface area is 199 Å². The van der Waals surface area contributed by atoms with Gasteiger partial charge < -0.3 is 15.9 Å². The van der Waals surface area contributed by atoms with E-state index < -0.39 is 28.7 Å². The van der Waals surface area contributed by atoms with Gasteiger partial charge in [0, 0.05) is 12.8 Å². The van der Waals surface area contributed by atoms with Crippen LogP contribution in [0.5, 0.6) is 5.75 Å². The molecule has 0 aromatic heterocycles. The highest BCUT2D eigenvalue weighted by molar-refractivity contribution is 6.54. The maximum absolute atomic E-state index is 12.8. The number of rotatable bonds is 16. The van der Waals surface area contributed by atoms with E-state index >= 15 is 0 Å². The molecule has 0 fully saturated rings. The van der Waals surface area contributed by atoms with E-state index in [1.807, 2.05) is 0 Å². The fourth-order valence-electron chi connectivity index (χ4n) is 3.48. The first-order valence-corrected chi connectivity index (χ1v) is 12.0. The molecule has 1 aromatic carbocycles. The molecule has 0 spiro atoms. The molecule has 4 N–H and O–H groups in total. The number of carboxylic acid groups (broad SMARTS) is 1. The predicted octanol–water partition coefficient (Wildman–Crippen LogP) is 4.41. The summed E-state index contributed by atoms with van der Waals surface area (Å²) in [5.41, 5.74) is 6.02. The molecule has 0 saturated heterocycles. The van der Waals surface area contributed by atoms with Crippen molar-refractivity contribution in [3.8, 4) is 5.75 Å². The molecule has 0 heterocycles. The first kappa shape index (κ1) is 28.2. The Bertz CT molecular complexity index is 713. The monoisotopic (exact) mass is 488 g/mol. The third-order valence-corrected chi connectivity index (χ3v) is 5.62. The normalized spacial score (nSPS) is 12.0. The summed E-state index contributed by atoms with van der Waals surface area (Å²) in [5, 5.41) is 19.1. The lowest BCUT2D eigenvalue weighted by atomic mass is 10.0. The van der Waals surface area contributed by atoms with Crippen molar-refractivity contribution in [2.45, 2.75) is 81.5 Å². The van der Waals surface area contributed by atoms with Gasteiger partial charge in [0.2, 0.25) is 5.91 Å². The molecular weight excluding hydrogens is 455 g/mol. The van der Waals surface area contributed by atoms with Gasteiger partial charge in [-0.05, 0) is 37.1 Å². The van der Waals surface area contributed by atoms with Crippen LogP contribution in [0.4, 0.5) is 0 Å². The second kappa shape index (κ2) is 15.9. The molecule has 0 bridgehead atoms. The number of amides is 2. The lowest BCUT2D eigenvalue weighted by Crippen LogP contribution is -2.51. The Morgan fingerprint density at radius 3 is 1.84 bits per heavy atom. The molecule has 0 aliphatic rings. The topological polar surface area (TPSA) is 121 Å². The summed E-state index contributed by atoms with van der Waals surface area (Å²) in [6.45, 7) is 0.736. The number of aliphatic carboxylic acids is 1.